The molecule has 21 heavy (non-hydrogen) atoms. The topological polar surface area (TPSA) is 32.7 Å². The van der Waals surface area contributed by atoms with Gasteiger partial charge in [-0.3, -0.25) is 4.90 Å². The van der Waals surface area contributed by atoms with Gasteiger partial charge in [0.05, 0.1) is 18.8 Å². The second-order valence-electron chi connectivity index (χ2n) is 6.18. The maximum atomic E-state index is 13.8. The van der Waals surface area contributed by atoms with E-state index in [0.717, 1.165) is 6.07 Å². The Labute approximate surface area is 121 Å². The van der Waals surface area contributed by atoms with Crippen LogP contribution in [0.3, 0.4) is 0 Å². The van der Waals surface area contributed by atoms with E-state index in [0.29, 0.717) is 32.1 Å². The van der Waals surface area contributed by atoms with Crippen molar-refractivity contribution in [3.05, 3.63) is 35.1 Å². The summed E-state index contributed by atoms with van der Waals surface area (Å²) in [5.74, 6) is -3.12. The van der Waals surface area contributed by atoms with Crippen molar-refractivity contribution < 1.29 is 23.0 Å². The van der Waals surface area contributed by atoms with E-state index in [1.807, 2.05) is 7.05 Å². The number of hydrogen-bond donors (Lipinski definition) is 1. The zero-order valence-electron chi connectivity index (χ0n) is 11.8. The highest BCUT2D eigenvalue weighted by Gasteiger charge is 2.44. The van der Waals surface area contributed by atoms with Crippen molar-refractivity contribution >= 4 is 0 Å². The standard InChI is InChI=1S/C15H18F3NO2/c1-19-10-5-15(20,6-11(19)8-21-7-10)4-9-2-13(17)14(18)3-12(9)16/h2-3,10-11,20H,4-8H2,1H3. The number of hydrogen-bond acceptors (Lipinski definition) is 3. The zero-order chi connectivity index (χ0) is 15.2. The Morgan fingerprint density at radius 3 is 2.33 bits per heavy atom. The Hall–Kier alpha value is -1.11. The first-order chi connectivity index (χ1) is 9.88. The fourth-order valence-corrected chi connectivity index (χ4v) is 3.44. The first-order valence-corrected chi connectivity index (χ1v) is 7.03. The average molecular weight is 301 g/mol. The number of fused-ring (bicyclic) bond motifs is 2. The van der Waals surface area contributed by atoms with Crippen LogP contribution in [0.25, 0.3) is 0 Å². The van der Waals surface area contributed by atoms with E-state index in [9.17, 15) is 18.3 Å². The van der Waals surface area contributed by atoms with Gasteiger partial charge in [0.25, 0.3) is 0 Å². The Kier molecular flexibility index (Phi) is 3.71. The monoisotopic (exact) mass is 301 g/mol. The Morgan fingerprint density at radius 1 is 1.14 bits per heavy atom. The molecular formula is C15H18F3NO2. The smallest absolute Gasteiger partial charge is 0.161 e. The minimum absolute atomic E-state index is 0.0138. The van der Waals surface area contributed by atoms with E-state index in [2.05, 4.69) is 4.90 Å². The third-order valence-corrected chi connectivity index (χ3v) is 4.61. The summed E-state index contributed by atoms with van der Waals surface area (Å²) < 4.78 is 45.5. The normalized spacial score (nSPS) is 33.2. The molecule has 2 heterocycles. The van der Waals surface area contributed by atoms with Crippen LogP contribution in [-0.2, 0) is 11.2 Å². The predicted molar refractivity (Wildman–Crippen MR) is 70.4 cm³/mol. The van der Waals surface area contributed by atoms with Gasteiger partial charge in [0, 0.05) is 24.6 Å². The number of benzene rings is 1. The molecule has 0 amide bonds. The fraction of sp³-hybridized carbons (Fsp3) is 0.600. The molecule has 0 aliphatic carbocycles. The first-order valence-electron chi connectivity index (χ1n) is 7.03. The number of ether oxygens (including phenoxy) is 1. The molecule has 0 radical (unpaired) electrons. The molecule has 2 atom stereocenters. The number of piperidine rings is 1. The largest absolute Gasteiger partial charge is 0.389 e. The van der Waals surface area contributed by atoms with Crippen LogP contribution in [-0.4, -0.2) is 48.0 Å². The number of nitrogens with zero attached hydrogens (tertiary/aromatic N) is 1. The van der Waals surface area contributed by atoms with E-state index in [1.165, 1.54) is 0 Å². The average Bonchev–Trinajstić information content (AvgIpc) is 2.38. The molecule has 3 rings (SSSR count). The molecule has 0 saturated carbocycles. The molecule has 0 spiro atoms. The summed E-state index contributed by atoms with van der Waals surface area (Å²) in [6.45, 7) is 1.05. The van der Waals surface area contributed by atoms with E-state index >= 15 is 0 Å². The number of rotatable bonds is 2. The minimum Gasteiger partial charge on any atom is -0.389 e. The highest BCUT2D eigenvalue weighted by atomic mass is 19.2. The zero-order valence-corrected chi connectivity index (χ0v) is 11.8. The summed E-state index contributed by atoms with van der Waals surface area (Å²) in [5, 5.41) is 10.8. The van der Waals surface area contributed by atoms with Crippen molar-refractivity contribution in [2.24, 2.45) is 0 Å². The summed E-state index contributed by atoms with van der Waals surface area (Å²) >= 11 is 0. The molecule has 0 aromatic heterocycles. The maximum absolute atomic E-state index is 13.8. The maximum Gasteiger partial charge on any atom is 0.161 e. The summed E-state index contributed by atoms with van der Waals surface area (Å²) in [6.07, 6.45) is 0.841. The van der Waals surface area contributed by atoms with E-state index in [-0.39, 0.29) is 24.1 Å². The van der Waals surface area contributed by atoms with E-state index in [4.69, 9.17) is 4.74 Å². The van der Waals surface area contributed by atoms with Gasteiger partial charge in [-0.15, -0.1) is 0 Å². The lowest BCUT2D eigenvalue weighted by molar-refractivity contribution is -0.133. The Balaban J connectivity index is 1.82. The molecule has 6 heteroatoms. The van der Waals surface area contributed by atoms with Crippen molar-refractivity contribution in [1.82, 2.24) is 4.90 Å². The van der Waals surface area contributed by atoms with Gasteiger partial charge in [-0.2, -0.15) is 0 Å². The molecule has 1 aromatic carbocycles. The van der Waals surface area contributed by atoms with Crippen molar-refractivity contribution in [2.45, 2.75) is 36.9 Å². The van der Waals surface area contributed by atoms with Crippen molar-refractivity contribution in [3.8, 4) is 0 Å². The van der Waals surface area contributed by atoms with Crippen LogP contribution in [0.5, 0.6) is 0 Å². The van der Waals surface area contributed by atoms with Gasteiger partial charge >= 0.3 is 0 Å². The van der Waals surface area contributed by atoms with Crippen molar-refractivity contribution in [2.75, 3.05) is 20.3 Å². The first kappa shape index (κ1) is 14.8. The molecule has 2 saturated heterocycles. The van der Waals surface area contributed by atoms with Crippen LogP contribution in [0.2, 0.25) is 0 Å². The van der Waals surface area contributed by atoms with Crippen LogP contribution in [0.15, 0.2) is 12.1 Å². The molecule has 2 unspecified atom stereocenters. The highest BCUT2D eigenvalue weighted by molar-refractivity contribution is 5.22. The SMILES string of the molecule is CN1C2COCC1CC(O)(Cc1cc(F)c(F)cc1F)C2. The number of morpholine rings is 1. The lowest BCUT2D eigenvalue weighted by Gasteiger charge is -2.50. The summed E-state index contributed by atoms with van der Waals surface area (Å²) in [7, 11) is 1.98. The van der Waals surface area contributed by atoms with Gasteiger partial charge in [0.1, 0.15) is 5.82 Å². The summed E-state index contributed by atoms with van der Waals surface area (Å²) in [5.41, 5.74) is -1.10. The lowest BCUT2D eigenvalue weighted by Crippen LogP contribution is -2.60. The quantitative estimate of drug-likeness (QED) is 0.847. The third kappa shape index (κ3) is 2.80. The van der Waals surface area contributed by atoms with Gasteiger partial charge in [-0.05, 0) is 31.5 Å². The minimum atomic E-state index is -1.21. The van der Waals surface area contributed by atoms with Crippen molar-refractivity contribution in [1.29, 1.82) is 0 Å². The molecule has 2 aliphatic heterocycles. The van der Waals surface area contributed by atoms with Crippen LogP contribution < -0.4 is 0 Å². The molecule has 1 N–H and O–H groups in total. The fourth-order valence-electron chi connectivity index (χ4n) is 3.44. The molecule has 2 bridgehead atoms. The van der Waals surface area contributed by atoms with Gasteiger partial charge in [0.2, 0.25) is 0 Å². The second kappa shape index (κ2) is 5.26. The molecule has 2 fully saturated rings. The van der Waals surface area contributed by atoms with Gasteiger partial charge < -0.3 is 9.84 Å². The second-order valence-corrected chi connectivity index (χ2v) is 6.18. The van der Waals surface area contributed by atoms with Crippen molar-refractivity contribution in [3.63, 3.8) is 0 Å². The molecule has 3 nitrogen and oxygen atoms in total. The van der Waals surface area contributed by atoms with Gasteiger partial charge in [0.15, 0.2) is 11.6 Å². The number of halogens is 3. The van der Waals surface area contributed by atoms with Crippen LogP contribution in [0, 0.1) is 17.5 Å². The van der Waals surface area contributed by atoms with Crippen LogP contribution in [0.1, 0.15) is 18.4 Å². The van der Waals surface area contributed by atoms with Gasteiger partial charge in [-0.25, -0.2) is 13.2 Å². The van der Waals surface area contributed by atoms with E-state index < -0.39 is 23.1 Å². The number of likely N-dealkylation sites (N-methyl/N-ethyl adjacent to an activating group) is 1. The highest BCUT2D eigenvalue weighted by Crippen LogP contribution is 2.36. The van der Waals surface area contributed by atoms with Crippen LogP contribution >= 0.6 is 0 Å². The molecular weight excluding hydrogens is 283 g/mol. The van der Waals surface area contributed by atoms with Crippen LogP contribution in [0.4, 0.5) is 13.2 Å². The van der Waals surface area contributed by atoms with E-state index in [1.54, 1.807) is 0 Å². The predicted octanol–water partition coefficient (Wildman–Crippen LogP) is 1.87. The summed E-state index contributed by atoms with van der Waals surface area (Å²) in [6, 6.07) is 1.51. The molecule has 1 aromatic rings. The Morgan fingerprint density at radius 2 is 1.71 bits per heavy atom. The summed E-state index contributed by atoms with van der Waals surface area (Å²) in [4.78, 5) is 2.17. The number of aliphatic hydroxyl groups is 1. The lowest BCUT2D eigenvalue weighted by atomic mass is 9.78. The molecule has 2 aliphatic rings. The molecule has 116 valence electrons. The van der Waals surface area contributed by atoms with Gasteiger partial charge in [-0.1, -0.05) is 0 Å². The Bertz CT molecular complexity index is 538. The third-order valence-electron chi connectivity index (χ3n) is 4.61.